The summed E-state index contributed by atoms with van der Waals surface area (Å²) in [6.45, 7) is 1.98. The second kappa shape index (κ2) is 7.13. The Morgan fingerprint density at radius 2 is 2.24 bits per heavy atom. The van der Waals surface area contributed by atoms with Gasteiger partial charge in [0.25, 0.3) is 5.91 Å². The van der Waals surface area contributed by atoms with Crippen LogP contribution in [-0.2, 0) is 16.9 Å². The Hall–Kier alpha value is -0.560. The molecule has 3 heterocycles. The smallest absolute Gasteiger partial charge is 0.263 e. The molecule has 1 N–H and O–H groups in total. The molecular weight excluding hydrogens is 306 g/mol. The predicted molar refractivity (Wildman–Crippen MR) is 86.1 cm³/mol. The van der Waals surface area contributed by atoms with Crippen LogP contribution >= 0.6 is 23.1 Å². The summed E-state index contributed by atoms with van der Waals surface area (Å²) in [5.41, 5.74) is 1.36. The van der Waals surface area contributed by atoms with E-state index in [0.29, 0.717) is 6.61 Å². The van der Waals surface area contributed by atoms with Gasteiger partial charge in [0, 0.05) is 23.7 Å². The average molecular weight is 327 g/mol. The number of piperidine rings is 1. The zero-order valence-electron chi connectivity index (χ0n) is 12.0. The van der Waals surface area contributed by atoms with Crippen molar-refractivity contribution in [1.29, 1.82) is 0 Å². The lowest BCUT2D eigenvalue weighted by Gasteiger charge is -2.31. The molecule has 0 atom stereocenters. The van der Waals surface area contributed by atoms with E-state index in [0.717, 1.165) is 43.0 Å². The average Bonchev–Trinajstić information content (AvgIpc) is 2.96. The van der Waals surface area contributed by atoms with Crippen molar-refractivity contribution in [3.63, 3.8) is 0 Å². The summed E-state index contributed by atoms with van der Waals surface area (Å²) in [4.78, 5) is 16.8. The van der Waals surface area contributed by atoms with Gasteiger partial charge in [-0.25, -0.2) is 0 Å². The molecule has 4 nitrogen and oxygen atoms in total. The number of hydrogen-bond acceptors (Lipinski definition) is 5. The Morgan fingerprint density at radius 1 is 1.43 bits per heavy atom. The first-order valence-electron chi connectivity index (χ1n) is 7.49. The monoisotopic (exact) mass is 327 g/mol. The van der Waals surface area contributed by atoms with Crippen molar-refractivity contribution in [2.45, 2.75) is 31.1 Å². The number of rotatable bonds is 4. The number of aryl methyl sites for hydroxylation is 1. The molecule has 2 aliphatic heterocycles. The molecule has 0 spiro atoms. The van der Waals surface area contributed by atoms with E-state index in [1.807, 2.05) is 16.7 Å². The molecule has 3 rings (SSSR count). The van der Waals surface area contributed by atoms with Gasteiger partial charge in [0.05, 0.1) is 24.2 Å². The van der Waals surface area contributed by atoms with Crippen LogP contribution in [0.15, 0.2) is 6.07 Å². The van der Waals surface area contributed by atoms with E-state index in [4.69, 9.17) is 9.84 Å². The van der Waals surface area contributed by atoms with Crippen LogP contribution in [0.25, 0.3) is 0 Å². The van der Waals surface area contributed by atoms with E-state index in [-0.39, 0.29) is 18.6 Å². The zero-order valence-corrected chi connectivity index (χ0v) is 13.7. The summed E-state index contributed by atoms with van der Waals surface area (Å²) in [5, 5.41) is 8.78. The predicted octanol–water partition coefficient (Wildman–Crippen LogP) is 2.15. The zero-order chi connectivity index (χ0) is 14.7. The maximum atomic E-state index is 12.6. The van der Waals surface area contributed by atoms with Crippen LogP contribution in [-0.4, -0.2) is 54.1 Å². The van der Waals surface area contributed by atoms with Crippen LogP contribution in [0.5, 0.6) is 0 Å². The van der Waals surface area contributed by atoms with E-state index in [2.05, 4.69) is 6.07 Å². The number of ether oxygens (including phenoxy) is 1. The third-order valence-corrected chi connectivity index (χ3v) is 6.25. The second-order valence-electron chi connectivity index (χ2n) is 5.45. The molecule has 0 aromatic carbocycles. The highest BCUT2D eigenvalue weighted by atomic mass is 32.2. The first kappa shape index (κ1) is 15.3. The van der Waals surface area contributed by atoms with Crippen molar-refractivity contribution in [3.8, 4) is 0 Å². The molecule has 116 valence electrons. The van der Waals surface area contributed by atoms with Crippen LogP contribution in [0.1, 0.15) is 33.0 Å². The van der Waals surface area contributed by atoms with Gasteiger partial charge in [-0.3, -0.25) is 4.79 Å². The van der Waals surface area contributed by atoms with Gasteiger partial charge in [0.15, 0.2) is 0 Å². The summed E-state index contributed by atoms with van der Waals surface area (Å²) in [6, 6.07) is 2.10. The SMILES string of the molecule is O=C(c1cc2c(s1)CCSC2)N1CCC(OCCO)CC1. The first-order valence-corrected chi connectivity index (χ1v) is 9.46. The number of fused-ring (bicyclic) bond motifs is 1. The minimum absolute atomic E-state index is 0.0674. The van der Waals surface area contributed by atoms with Crippen molar-refractivity contribution in [2.24, 2.45) is 0 Å². The van der Waals surface area contributed by atoms with Gasteiger partial charge >= 0.3 is 0 Å². The van der Waals surface area contributed by atoms with Crippen LogP contribution in [0.3, 0.4) is 0 Å². The molecule has 0 aliphatic carbocycles. The van der Waals surface area contributed by atoms with Crippen LogP contribution in [0, 0.1) is 0 Å². The number of carbonyl (C=O) groups is 1. The minimum atomic E-state index is 0.0674. The van der Waals surface area contributed by atoms with E-state index < -0.39 is 0 Å². The first-order chi connectivity index (χ1) is 10.3. The number of thioether (sulfide) groups is 1. The summed E-state index contributed by atoms with van der Waals surface area (Å²) in [7, 11) is 0. The second-order valence-corrected chi connectivity index (χ2v) is 7.69. The lowest BCUT2D eigenvalue weighted by atomic mass is 10.1. The number of thiophene rings is 1. The van der Waals surface area contributed by atoms with E-state index >= 15 is 0 Å². The molecule has 21 heavy (non-hydrogen) atoms. The standard InChI is InChI=1S/C15H21NO3S2/c17-6-7-19-12-1-4-16(5-2-12)15(18)14-9-11-10-20-8-3-13(11)21-14/h9,12,17H,1-8,10H2. The van der Waals surface area contributed by atoms with Crippen molar-refractivity contribution in [1.82, 2.24) is 4.90 Å². The maximum absolute atomic E-state index is 12.6. The van der Waals surface area contributed by atoms with Gasteiger partial charge in [0.2, 0.25) is 0 Å². The van der Waals surface area contributed by atoms with E-state index in [1.165, 1.54) is 16.2 Å². The Balaban J connectivity index is 1.57. The number of nitrogens with zero attached hydrogens (tertiary/aromatic N) is 1. The highest BCUT2D eigenvalue weighted by molar-refractivity contribution is 7.98. The molecule has 0 saturated carbocycles. The number of aliphatic hydroxyl groups is 1. The lowest BCUT2D eigenvalue weighted by Crippen LogP contribution is -2.40. The Labute approximate surface area is 133 Å². The van der Waals surface area contributed by atoms with Gasteiger partial charge in [-0.1, -0.05) is 0 Å². The maximum Gasteiger partial charge on any atom is 0.263 e. The van der Waals surface area contributed by atoms with E-state index in [9.17, 15) is 4.79 Å². The van der Waals surface area contributed by atoms with Gasteiger partial charge in [-0.2, -0.15) is 11.8 Å². The molecule has 6 heteroatoms. The third-order valence-electron chi connectivity index (χ3n) is 4.01. The van der Waals surface area contributed by atoms with Crippen LogP contribution in [0.2, 0.25) is 0 Å². The van der Waals surface area contributed by atoms with Crippen LogP contribution < -0.4 is 0 Å². The van der Waals surface area contributed by atoms with Crippen molar-refractivity contribution >= 4 is 29.0 Å². The van der Waals surface area contributed by atoms with Crippen molar-refractivity contribution < 1.29 is 14.6 Å². The molecule has 0 unspecified atom stereocenters. The summed E-state index contributed by atoms with van der Waals surface area (Å²) in [6.07, 6.45) is 3.03. The normalized spacial score (nSPS) is 19.6. The molecule has 0 bridgehead atoms. The van der Waals surface area contributed by atoms with E-state index in [1.54, 1.807) is 11.3 Å². The quantitative estimate of drug-likeness (QED) is 0.921. The van der Waals surface area contributed by atoms with Crippen LogP contribution in [0.4, 0.5) is 0 Å². The van der Waals surface area contributed by atoms with Gasteiger partial charge in [-0.05, 0) is 36.6 Å². The molecule has 1 aromatic rings. The van der Waals surface area contributed by atoms with Crippen molar-refractivity contribution in [2.75, 3.05) is 32.1 Å². The molecule has 1 amide bonds. The summed E-state index contributed by atoms with van der Waals surface area (Å²) >= 11 is 3.63. The van der Waals surface area contributed by atoms with Crippen molar-refractivity contribution in [3.05, 3.63) is 21.4 Å². The Morgan fingerprint density at radius 3 is 2.95 bits per heavy atom. The van der Waals surface area contributed by atoms with Gasteiger partial charge in [-0.15, -0.1) is 11.3 Å². The fourth-order valence-electron chi connectivity index (χ4n) is 2.85. The number of aliphatic hydroxyl groups excluding tert-OH is 1. The number of amides is 1. The highest BCUT2D eigenvalue weighted by Crippen LogP contribution is 2.32. The third kappa shape index (κ3) is 3.62. The molecule has 1 fully saturated rings. The van der Waals surface area contributed by atoms with Gasteiger partial charge in [0.1, 0.15) is 0 Å². The number of likely N-dealkylation sites (tertiary alicyclic amines) is 1. The molecule has 1 saturated heterocycles. The largest absolute Gasteiger partial charge is 0.394 e. The highest BCUT2D eigenvalue weighted by Gasteiger charge is 2.26. The Bertz CT molecular complexity index is 472. The molecule has 2 aliphatic rings. The topological polar surface area (TPSA) is 49.8 Å². The fraction of sp³-hybridized carbons (Fsp3) is 0.667. The number of carbonyl (C=O) groups excluding carboxylic acids is 1. The molecule has 0 radical (unpaired) electrons. The fourth-order valence-corrected chi connectivity index (χ4v) is 5.19. The Kier molecular flexibility index (Phi) is 5.21. The lowest BCUT2D eigenvalue weighted by molar-refractivity contribution is -0.00545. The molecule has 1 aromatic heterocycles. The molecular formula is C15H21NO3S2. The van der Waals surface area contributed by atoms with Gasteiger partial charge < -0.3 is 14.7 Å². The number of hydrogen-bond donors (Lipinski definition) is 1. The summed E-state index contributed by atoms with van der Waals surface area (Å²) < 4.78 is 5.54. The minimum Gasteiger partial charge on any atom is -0.394 e. The summed E-state index contributed by atoms with van der Waals surface area (Å²) in [5.74, 6) is 2.41.